The van der Waals surface area contributed by atoms with Gasteiger partial charge in [-0.1, -0.05) is 0 Å². The Labute approximate surface area is 98.8 Å². The molecule has 31 valence electrons. The second-order valence-corrected chi connectivity index (χ2v) is 0.519. The minimum Gasteiger partial charge on any atom is 0 e. The zero-order chi connectivity index (χ0) is 3.58. The van der Waals surface area contributed by atoms with Gasteiger partial charge in [0.2, 0.25) is 0 Å². The van der Waals surface area contributed by atoms with Crippen LogP contribution in [-0.2, 0) is 37.5 Å². The Kier molecular flexibility index (Phi) is 26.5. The van der Waals surface area contributed by atoms with Crippen molar-refractivity contribution < 1.29 is 42.6 Å². The molecule has 0 amide bonds. The van der Waals surface area contributed by atoms with Crippen LogP contribution >= 0.6 is 0 Å². The fraction of sp³-hybridized carbons (Fsp3) is 0.500. The van der Waals surface area contributed by atoms with Gasteiger partial charge in [0.25, 0.3) is 5.97 Å². The SMILES string of the molecule is CC(=O)O.[SrH2].[Y]. The van der Waals surface area contributed by atoms with E-state index < -0.39 is 5.97 Å². The van der Waals surface area contributed by atoms with Crippen molar-refractivity contribution in [1.82, 2.24) is 0 Å². The fourth-order valence-electron chi connectivity index (χ4n) is 0. The molecule has 0 fully saturated rings. The van der Waals surface area contributed by atoms with E-state index in [1.165, 1.54) is 0 Å². The van der Waals surface area contributed by atoms with Crippen molar-refractivity contribution in [3.63, 3.8) is 0 Å². The molecule has 1 N–H and O–H groups in total. The molecule has 1 radical (unpaired) electrons. The molecule has 0 saturated heterocycles. The van der Waals surface area contributed by atoms with Gasteiger partial charge < -0.3 is 5.11 Å². The third-order valence-corrected chi connectivity index (χ3v) is 0. The molecule has 0 aromatic rings. The summed E-state index contributed by atoms with van der Waals surface area (Å²) in [4.78, 5) is 9.00. The van der Waals surface area contributed by atoms with Crippen molar-refractivity contribution in [3.8, 4) is 0 Å². The van der Waals surface area contributed by atoms with Crippen molar-refractivity contribution in [2.75, 3.05) is 0 Å². The molecule has 0 aliphatic carbocycles. The topological polar surface area (TPSA) is 37.3 Å². The average molecular weight is 239 g/mol. The second kappa shape index (κ2) is 10.1. The Morgan fingerprint density at radius 3 is 1.67 bits per heavy atom. The molecular weight excluding hydrogens is 233 g/mol. The van der Waals surface area contributed by atoms with Crippen LogP contribution in [0, 0.1) is 0 Å². The van der Waals surface area contributed by atoms with E-state index in [0.717, 1.165) is 6.92 Å². The van der Waals surface area contributed by atoms with Crippen LogP contribution in [0.5, 0.6) is 0 Å². The molecule has 0 rings (SSSR count). The predicted molar refractivity (Wildman–Crippen MR) is 21.9 cm³/mol. The first kappa shape index (κ1) is 15.7. The summed E-state index contributed by atoms with van der Waals surface area (Å²) in [6.45, 7) is 1.08. The van der Waals surface area contributed by atoms with Gasteiger partial charge in [0.05, 0.1) is 0 Å². The molecule has 6 heavy (non-hydrogen) atoms. The number of carbonyl (C=O) groups is 1. The number of rotatable bonds is 0. The van der Waals surface area contributed by atoms with Gasteiger partial charge in [-0.3, -0.25) is 4.79 Å². The summed E-state index contributed by atoms with van der Waals surface area (Å²) in [6.07, 6.45) is 0. The van der Waals surface area contributed by atoms with Crippen LogP contribution in [0.4, 0.5) is 0 Å². The Bertz CT molecular complexity index is 34.5. The molecular formula is C2H6O2SrY. The first-order chi connectivity index (χ1) is 1.73. The summed E-state index contributed by atoms with van der Waals surface area (Å²) in [7, 11) is 0. The van der Waals surface area contributed by atoms with Crippen LogP contribution in [0.15, 0.2) is 0 Å². The summed E-state index contributed by atoms with van der Waals surface area (Å²) in [5.41, 5.74) is 0. The van der Waals surface area contributed by atoms with Crippen molar-refractivity contribution >= 4 is 51.5 Å². The van der Waals surface area contributed by atoms with E-state index in [-0.39, 0.29) is 78.2 Å². The minimum atomic E-state index is -0.833. The van der Waals surface area contributed by atoms with Gasteiger partial charge in [0, 0.05) is 39.6 Å². The van der Waals surface area contributed by atoms with Crippen molar-refractivity contribution in [2.24, 2.45) is 0 Å². The quantitative estimate of drug-likeness (QED) is 0.560. The second-order valence-electron chi connectivity index (χ2n) is 0.519. The normalized spacial score (nSPS) is 4.17. The van der Waals surface area contributed by atoms with Crippen LogP contribution in [0.25, 0.3) is 0 Å². The van der Waals surface area contributed by atoms with Gasteiger partial charge in [-0.2, -0.15) is 0 Å². The van der Waals surface area contributed by atoms with E-state index in [4.69, 9.17) is 9.90 Å². The first-order valence-corrected chi connectivity index (χ1v) is 0.928. The van der Waals surface area contributed by atoms with Crippen molar-refractivity contribution in [1.29, 1.82) is 0 Å². The molecule has 0 spiro atoms. The van der Waals surface area contributed by atoms with E-state index in [9.17, 15) is 0 Å². The Morgan fingerprint density at radius 1 is 1.67 bits per heavy atom. The van der Waals surface area contributed by atoms with E-state index in [1.807, 2.05) is 0 Å². The maximum atomic E-state index is 9.00. The predicted octanol–water partition coefficient (Wildman–Crippen LogP) is -0.828. The molecule has 0 unspecified atom stereocenters. The molecule has 0 aromatic heterocycles. The first-order valence-electron chi connectivity index (χ1n) is 0.928. The van der Waals surface area contributed by atoms with Gasteiger partial charge in [0.1, 0.15) is 0 Å². The summed E-state index contributed by atoms with van der Waals surface area (Å²) in [5, 5.41) is 7.42. The Balaban J connectivity index is -0.0000000450. The summed E-state index contributed by atoms with van der Waals surface area (Å²) in [6, 6.07) is 0. The fourth-order valence-corrected chi connectivity index (χ4v) is 0. The van der Waals surface area contributed by atoms with E-state index in [2.05, 4.69) is 0 Å². The van der Waals surface area contributed by atoms with Crippen molar-refractivity contribution in [3.05, 3.63) is 0 Å². The number of hydrogen-bond acceptors (Lipinski definition) is 1. The third kappa shape index (κ3) is 36.6. The molecule has 0 atom stereocenters. The van der Waals surface area contributed by atoms with Crippen LogP contribution in [0.3, 0.4) is 0 Å². The largest absolute Gasteiger partial charge is 0 e. The molecule has 2 nitrogen and oxygen atoms in total. The van der Waals surface area contributed by atoms with E-state index in [1.54, 1.807) is 0 Å². The number of carboxylic acid groups (broad SMARTS) is 1. The molecule has 0 heterocycles. The van der Waals surface area contributed by atoms with E-state index >= 15 is 0 Å². The molecule has 4 heteroatoms. The zero-order valence-electron chi connectivity index (χ0n) is 2.93. The number of aliphatic carboxylic acids is 1. The maximum absolute atomic E-state index is 9.00. The van der Waals surface area contributed by atoms with Gasteiger partial charge in [-0.25, -0.2) is 0 Å². The summed E-state index contributed by atoms with van der Waals surface area (Å²) in [5.74, 6) is -0.833. The van der Waals surface area contributed by atoms with Crippen LogP contribution in [0.2, 0.25) is 0 Å². The minimum absolute atomic E-state index is 0. The molecule has 0 aliphatic heterocycles. The van der Waals surface area contributed by atoms with Gasteiger partial charge in [-0.15, -0.1) is 0 Å². The maximum Gasteiger partial charge on any atom is 0 e. The Morgan fingerprint density at radius 2 is 1.67 bits per heavy atom. The van der Waals surface area contributed by atoms with E-state index in [0.29, 0.717) is 0 Å². The van der Waals surface area contributed by atoms with Crippen LogP contribution in [-0.4, -0.2) is 56.6 Å². The van der Waals surface area contributed by atoms with Gasteiger partial charge in [-0.05, 0) is 0 Å². The van der Waals surface area contributed by atoms with Crippen LogP contribution in [0.1, 0.15) is 6.92 Å². The smallest absolute Gasteiger partial charge is 0 e. The molecule has 0 aromatic carbocycles. The molecule has 0 aliphatic rings. The zero-order valence-corrected chi connectivity index (χ0v) is 5.77. The Hall–Kier alpha value is 2.05. The standard InChI is InChI=1S/C2H4O2.Sr.Y.2H/c1-2(3)4;;;;/h1H3,(H,3,4);;;;. The summed E-state index contributed by atoms with van der Waals surface area (Å²) >= 11 is 0. The van der Waals surface area contributed by atoms with Gasteiger partial charge in [0.15, 0.2) is 0 Å². The molecule has 0 saturated carbocycles. The van der Waals surface area contributed by atoms with Crippen molar-refractivity contribution in [2.45, 2.75) is 6.92 Å². The summed E-state index contributed by atoms with van der Waals surface area (Å²) < 4.78 is 0. The number of carboxylic acids is 1. The number of hydrogen-bond donors (Lipinski definition) is 1. The van der Waals surface area contributed by atoms with Crippen LogP contribution < -0.4 is 0 Å². The molecule has 0 bridgehead atoms. The monoisotopic (exact) mass is 239 g/mol. The average Bonchev–Trinajstić information content (AvgIpc) is 0.811. The third-order valence-electron chi connectivity index (χ3n) is 0. The van der Waals surface area contributed by atoms with Gasteiger partial charge >= 0.3 is 45.5 Å².